The van der Waals surface area contributed by atoms with Gasteiger partial charge in [0.25, 0.3) is 0 Å². The number of rotatable bonds is 7. The second-order valence-corrected chi connectivity index (χ2v) is 7.26. The molecule has 8 heteroatoms. The number of furan rings is 1. The Kier molecular flexibility index (Phi) is 6.80. The molecule has 2 fully saturated rings. The monoisotopic (exact) mass is 384 g/mol. The Labute approximate surface area is 166 Å². The first-order valence-corrected chi connectivity index (χ1v) is 9.73. The zero-order valence-corrected chi connectivity index (χ0v) is 16.6. The van der Waals surface area contributed by atoms with Gasteiger partial charge in [-0.1, -0.05) is 0 Å². The van der Waals surface area contributed by atoms with Crippen LogP contribution in [0.3, 0.4) is 0 Å². The fraction of sp³-hybridized carbons (Fsp3) is 0.600. The Morgan fingerprint density at radius 3 is 2.93 bits per heavy atom. The highest BCUT2D eigenvalue weighted by Gasteiger charge is 2.22. The molecule has 1 N–H and O–H groups in total. The van der Waals surface area contributed by atoms with E-state index in [1.54, 1.807) is 7.11 Å². The lowest BCUT2D eigenvalue weighted by Gasteiger charge is -2.31. The van der Waals surface area contributed by atoms with E-state index in [0.717, 1.165) is 63.8 Å². The summed E-state index contributed by atoms with van der Waals surface area (Å²) in [5.74, 6) is 2.42. The van der Waals surface area contributed by atoms with Gasteiger partial charge >= 0.3 is 0 Å². The number of nitrogens with one attached hydrogen (secondary N) is 1. The highest BCUT2D eigenvalue weighted by molar-refractivity contribution is 5.40. The average Bonchev–Trinajstić information content (AvgIpc) is 3.37. The Hall–Kier alpha value is -2.68. The van der Waals surface area contributed by atoms with E-state index < -0.39 is 0 Å². The van der Waals surface area contributed by atoms with E-state index in [9.17, 15) is 0 Å². The summed E-state index contributed by atoms with van der Waals surface area (Å²) in [4.78, 5) is 6.48. The number of hydrogen-bond acceptors (Lipinski definition) is 8. The average molecular weight is 384 g/mol. The molecule has 150 valence electrons. The van der Waals surface area contributed by atoms with Crippen LogP contribution in [-0.4, -0.2) is 69.3 Å². The van der Waals surface area contributed by atoms with Gasteiger partial charge in [0.2, 0.25) is 0 Å². The maximum absolute atomic E-state index is 9.09. The standard InChI is InChI=1S/C20H28N6O2/c1-24(10-11-26-9-7-23-20(26)16(12-21)13-22)19-6-5-18(28-19)15-25-8-3-4-17(14-25)27-2/h5-6,17,23H,3-4,7-11,14-15H2,1-2H3. The molecule has 0 bridgehead atoms. The molecular formula is C20H28N6O2. The molecule has 1 atom stereocenters. The van der Waals surface area contributed by atoms with Crippen molar-refractivity contribution in [2.75, 3.05) is 58.3 Å². The topological polar surface area (TPSA) is 91.7 Å². The molecule has 8 nitrogen and oxygen atoms in total. The first-order chi connectivity index (χ1) is 13.6. The minimum Gasteiger partial charge on any atom is -0.444 e. The van der Waals surface area contributed by atoms with Crippen LogP contribution in [0.1, 0.15) is 18.6 Å². The molecule has 0 radical (unpaired) electrons. The van der Waals surface area contributed by atoms with Gasteiger partial charge in [-0.05, 0) is 25.5 Å². The van der Waals surface area contributed by atoms with Crippen LogP contribution in [0.2, 0.25) is 0 Å². The molecule has 2 aliphatic heterocycles. The fourth-order valence-corrected chi connectivity index (χ4v) is 3.74. The van der Waals surface area contributed by atoms with Crippen LogP contribution in [0, 0.1) is 22.7 Å². The van der Waals surface area contributed by atoms with Gasteiger partial charge in [-0.3, -0.25) is 4.90 Å². The van der Waals surface area contributed by atoms with Crippen LogP contribution >= 0.6 is 0 Å². The third-order valence-electron chi connectivity index (χ3n) is 5.35. The van der Waals surface area contributed by atoms with Crippen molar-refractivity contribution in [3.05, 3.63) is 29.3 Å². The number of nitrogens with zero attached hydrogens (tertiary/aromatic N) is 5. The van der Waals surface area contributed by atoms with Crippen molar-refractivity contribution in [2.24, 2.45) is 0 Å². The Balaban J connectivity index is 1.53. The number of methoxy groups -OCH3 is 1. The lowest BCUT2D eigenvalue weighted by molar-refractivity contribution is 0.0264. The van der Waals surface area contributed by atoms with Crippen molar-refractivity contribution in [2.45, 2.75) is 25.5 Å². The first-order valence-electron chi connectivity index (χ1n) is 9.73. The molecule has 3 heterocycles. The first kappa shape index (κ1) is 20.1. The van der Waals surface area contributed by atoms with Crippen molar-refractivity contribution in [1.29, 1.82) is 10.5 Å². The third kappa shape index (κ3) is 4.78. The number of allylic oxidation sites excluding steroid dienone is 1. The Bertz CT molecular complexity index is 758. The summed E-state index contributed by atoms with van der Waals surface area (Å²) in [6, 6.07) is 7.96. The van der Waals surface area contributed by atoms with Crippen LogP contribution in [0.4, 0.5) is 5.88 Å². The maximum atomic E-state index is 9.09. The predicted octanol–water partition coefficient (Wildman–Crippen LogP) is 1.49. The quantitative estimate of drug-likeness (QED) is 0.707. The third-order valence-corrected chi connectivity index (χ3v) is 5.35. The molecule has 0 amide bonds. The summed E-state index contributed by atoms with van der Waals surface area (Å²) >= 11 is 0. The summed E-state index contributed by atoms with van der Waals surface area (Å²) < 4.78 is 11.5. The van der Waals surface area contributed by atoms with Gasteiger partial charge in [0.05, 0.1) is 12.6 Å². The molecule has 28 heavy (non-hydrogen) atoms. The van der Waals surface area contributed by atoms with Crippen LogP contribution < -0.4 is 10.2 Å². The van der Waals surface area contributed by atoms with Crippen molar-refractivity contribution >= 4 is 5.88 Å². The van der Waals surface area contributed by atoms with E-state index in [4.69, 9.17) is 19.7 Å². The van der Waals surface area contributed by atoms with Crippen LogP contribution in [0.25, 0.3) is 0 Å². The highest BCUT2D eigenvalue weighted by Crippen LogP contribution is 2.21. The maximum Gasteiger partial charge on any atom is 0.195 e. The normalized spacial score (nSPS) is 19.8. The van der Waals surface area contributed by atoms with Crippen molar-refractivity contribution in [3.8, 4) is 12.1 Å². The smallest absolute Gasteiger partial charge is 0.195 e. The molecular weight excluding hydrogens is 356 g/mol. The molecule has 1 aromatic rings. The summed E-state index contributed by atoms with van der Waals surface area (Å²) in [7, 11) is 3.77. The molecule has 2 aliphatic rings. The second-order valence-electron chi connectivity index (χ2n) is 7.26. The summed E-state index contributed by atoms with van der Waals surface area (Å²) in [5.41, 5.74) is 0.135. The van der Waals surface area contributed by atoms with E-state index in [1.165, 1.54) is 0 Å². The zero-order valence-electron chi connectivity index (χ0n) is 16.6. The van der Waals surface area contributed by atoms with Gasteiger partial charge in [-0.15, -0.1) is 0 Å². The number of hydrogen-bond donors (Lipinski definition) is 1. The lowest BCUT2D eigenvalue weighted by atomic mass is 10.1. The van der Waals surface area contributed by atoms with Crippen molar-refractivity contribution < 1.29 is 9.15 Å². The molecule has 0 spiro atoms. The molecule has 0 aromatic carbocycles. The number of anilines is 1. The fourth-order valence-electron chi connectivity index (χ4n) is 3.74. The summed E-state index contributed by atoms with van der Waals surface area (Å²) in [5, 5.41) is 21.3. The minimum absolute atomic E-state index is 0.135. The molecule has 1 unspecified atom stereocenters. The van der Waals surface area contributed by atoms with Crippen LogP contribution in [0.15, 0.2) is 27.9 Å². The van der Waals surface area contributed by atoms with Gasteiger partial charge in [0.1, 0.15) is 23.7 Å². The molecule has 0 aliphatic carbocycles. The largest absolute Gasteiger partial charge is 0.444 e. The number of likely N-dealkylation sites (tertiary alicyclic amines) is 1. The molecule has 1 aromatic heterocycles. The van der Waals surface area contributed by atoms with E-state index in [-0.39, 0.29) is 5.57 Å². The lowest BCUT2D eigenvalue weighted by Crippen LogP contribution is -2.38. The second kappa shape index (κ2) is 9.50. The van der Waals surface area contributed by atoms with Crippen molar-refractivity contribution in [3.63, 3.8) is 0 Å². The van der Waals surface area contributed by atoms with Gasteiger partial charge in [-0.25, -0.2) is 0 Å². The van der Waals surface area contributed by atoms with E-state index in [0.29, 0.717) is 18.5 Å². The number of ether oxygens (including phenoxy) is 1. The highest BCUT2D eigenvalue weighted by atomic mass is 16.5. The van der Waals surface area contributed by atoms with Crippen molar-refractivity contribution in [1.82, 2.24) is 15.1 Å². The van der Waals surface area contributed by atoms with Crippen LogP contribution in [0.5, 0.6) is 0 Å². The number of piperidine rings is 1. The number of nitriles is 2. The predicted molar refractivity (Wildman–Crippen MR) is 105 cm³/mol. The molecule has 2 saturated heterocycles. The van der Waals surface area contributed by atoms with E-state index >= 15 is 0 Å². The summed E-state index contributed by atoms with van der Waals surface area (Å²) in [6.45, 7) is 5.79. The summed E-state index contributed by atoms with van der Waals surface area (Å²) in [6.07, 6.45) is 2.59. The van der Waals surface area contributed by atoms with E-state index in [2.05, 4.69) is 15.1 Å². The van der Waals surface area contributed by atoms with Gasteiger partial charge in [0.15, 0.2) is 11.5 Å². The molecule has 3 rings (SSSR count). The SMILES string of the molecule is COC1CCCN(Cc2ccc(N(C)CCN3CCNC3=C(C#N)C#N)o2)C1. The zero-order chi connectivity index (χ0) is 19.9. The van der Waals surface area contributed by atoms with Crippen LogP contribution in [-0.2, 0) is 11.3 Å². The minimum atomic E-state index is 0.135. The Morgan fingerprint density at radius 2 is 2.18 bits per heavy atom. The van der Waals surface area contributed by atoms with E-state index in [1.807, 2.05) is 36.2 Å². The van der Waals surface area contributed by atoms with Gasteiger partial charge < -0.3 is 24.3 Å². The van der Waals surface area contributed by atoms with Gasteiger partial charge in [-0.2, -0.15) is 10.5 Å². The Morgan fingerprint density at radius 1 is 1.36 bits per heavy atom. The number of likely N-dealkylation sites (N-methyl/N-ethyl adjacent to an activating group) is 1. The molecule has 0 saturated carbocycles. The van der Waals surface area contributed by atoms with Gasteiger partial charge in [0, 0.05) is 52.9 Å².